The standard InChI is InChI=1S/C15H22FN3OS/c1-4-6-17-14-13(16)12(5-7-18-14)15(20)19-8-10(2)21-11(3)9-19/h5,7,10-11H,4,6,8-9H2,1-3H3,(H,17,18). The molecule has 1 saturated heterocycles. The summed E-state index contributed by atoms with van der Waals surface area (Å²) in [5, 5.41) is 3.67. The van der Waals surface area contributed by atoms with Gasteiger partial charge in [-0.05, 0) is 12.5 Å². The summed E-state index contributed by atoms with van der Waals surface area (Å²) in [4.78, 5) is 18.3. The van der Waals surface area contributed by atoms with Gasteiger partial charge in [-0.2, -0.15) is 11.8 Å². The third-order valence-corrected chi connectivity index (χ3v) is 4.60. The van der Waals surface area contributed by atoms with Gasteiger partial charge >= 0.3 is 0 Å². The Morgan fingerprint density at radius 3 is 2.76 bits per heavy atom. The first-order valence-corrected chi connectivity index (χ1v) is 8.30. The number of rotatable bonds is 4. The topological polar surface area (TPSA) is 45.2 Å². The molecule has 1 fully saturated rings. The summed E-state index contributed by atoms with van der Waals surface area (Å²) in [7, 11) is 0. The summed E-state index contributed by atoms with van der Waals surface area (Å²) in [6, 6.07) is 1.46. The fraction of sp³-hybridized carbons (Fsp3) is 0.600. The van der Waals surface area contributed by atoms with Gasteiger partial charge in [0.2, 0.25) is 0 Å². The number of thioether (sulfide) groups is 1. The van der Waals surface area contributed by atoms with Crippen LogP contribution in [0.1, 0.15) is 37.6 Å². The van der Waals surface area contributed by atoms with Crippen molar-refractivity contribution >= 4 is 23.5 Å². The number of carbonyl (C=O) groups excluding carboxylic acids is 1. The van der Waals surface area contributed by atoms with Crippen LogP contribution in [0.2, 0.25) is 0 Å². The Hall–Kier alpha value is -1.30. The van der Waals surface area contributed by atoms with E-state index in [1.807, 2.05) is 18.7 Å². The predicted molar refractivity (Wildman–Crippen MR) is 85.4 cm³/mol. The number of anilines is 1. The molecule has 0 saturated carbocycles. The van der Waals surface area contributed by atoms with Gasteiger partial charge < -0.3 is 10.2 Å². The maximum atomic E-state index is 14.4. The minimum absolute atomic E-state index is 0.106. The Morgan fingerprint density at radius 2 is 2.14 bits per heavy atom. The molecule has 116 valence electrons. The van der Waals surface area contributed by atoms with Crippen molar-refractivity contribution in [2.45, 2.75) is 37.7 Å². The van der Waals surface area contributed by atoms with Gasteiger partial charge in [0.15, 0.2) is 11.6 Å². The number of pyridine rings is 1. The SMILES string of the molecule is CCCNc1nccc(C(=O)N2CC(C)SC(C)C2)c1F. The van der Waals surface area contributed by atoms with Crippen molar-refractivity contribution in [1.29, 1.82) is 0 Å². The van der Waals surface area contributed by atoms with Gasteiger partial charge in [-0.3, -0.25) is 4.79 Å². The molecule has 0 bridgehead atoms. The second-order valence-electron chi connectivity index (χ2n) is 5.42. The van der Waals surface area contributed by atoms with Crippen LogP contribution in [0.5, 0.6) is 0 Å². The van der Waals surface area contributed by atoms with E-state index in [1.165, 1.54) is 12.3 Å². The lowest BCUT2D eigenvalue weighted by Crippen LogP contribution is -2.44. The second kappa shape index (κ2) is 7.11. The van der Waals surface area contributed by atoms with E-state index < -0.39 is 5.82 Å². The van der Waals surface area contributed by atoms with Crippen LogP contribution >= 0.6 is 11.8 Å². The lowest BCUT2D eigenvalue weighted by Gasteiger charge is -2.34. The van der Waals surface area contributed by atoms with Crippen molar-refractivity contribution in [2.24, 2.45) is 0 Å². The summed E-state index contributed by atoms with van der Waals surface area (Å²) >= 11 is 1.86. The Morgan fingerprint density at radius 1 is 1.48 bits per heavy atom. The Kier molecular flexibility index (Phi) is 5.45. The molecule has 0 radical (unpaired) electrons. The second-order valence-corrected chi connectivity index (χ2v) is 7.30. The van der Waals surface area contributed by atoms with E-state index in [0.29, 0.717) is 30.1 Å². The maximum absolute atomic E-state index is 14.4. The predicted octanol–water partition coefficient (Wildman–Crippen LogP) is 3.01. The largest absolute Gasteiger partial charge is 0.368 e. The average molecular weight is 311 g/mol. The van der Waals surface area contributed by atoms with Gasteiger partial charge in [0.25, 0.3) is 5.91 Å². The molecular formula is C15H22FN3OS. The number of nitrogens with one attached hydrogen (secondary N) is 1. The molecule has 0 spiro atoms. The van der Waals surface area contributed by atoms with E-state index in [4.69, 9.17) is 0 Å². The zero-order valence-electron chi connectivity index (χ0n) is 12.7. The highest BCUT2D eigenvalue weighted by molar-refractivity contribution is 8.00. The number of halogens is 1. The van der Waals surface area contributed by atoms with E-state index in [2.05, 4.69) is 24.1 Å². The van der Waals surface area contributed by atoms with Gasteiger partial charge in [-0.1, -0.05) is 20.8 Å². The smallest absolute Gasteiger partial charge is 0.257 e. The summed E-state index contributed by atoms with van der Waals surface area (Å²) in [5.41, 5.74) is 0.106. The van der Waals surface area contributed by atoms with Gasteiger partial charge in [0.05, 0.1) is 5.56 Å². The molecule has 2 heterocycles. The molecule has 1 amide bonds. The highest BCUT2D eigenvalue weighted by atomic mass is 32.2. The number of aromatic nitrogens is 1. The van der Waals surface area contributed by atoms with Crippen molar-refractivity contribution in [3.05, 3.63) is 23.6 Å². The van der Waals surface area contributed by atoms with Crippen LogP contribution in [0.25, 0.3) is 0 Å². The monoisotopic (exact) mass is 311 g/mol. The Bertz CT molecular complexity index is 502. The summed E-state index contributed by atoms with van der Waals surface area (Å²) in [6.45, 7) is 8.14. The van der Waals surface area contributed by atoms with Gasteiger partial charge in [0, 0.05) is 36.3 Å². The van der Waals surface area contributed by atoms with Crippen LogP contribution < -0.4 is 5.32 Å². The fourth-order valence-electron chi connectivity index (χ4n) is 2.49. The minimum atomic E-state index is -0.547. The molecule has 1 aromatic heterocycles. The average Bonchev–Trinajstić information content (AvgIpc) is 2.44. The molecular weight excluding hydrogens is 289 g/mol. The molecule has 2 rings (SSSR count). The third-order valence-electron chi connectivity index (χ3n) is 3.37. The Balaban J connectivity index is 2.18. The molecule has 2 unspecified atom stereocenters. The van der Waals surface area contributed by atoms with E-state index in [9.17, 15) is 9.18 Å². The molecule has 1 N–H and O–H groups in total. The highest BCUT2D eigenvalue weighted by Crippen LogP contribution is 2.26. The van der Waals surface area contributed by atoms with Crippen LogP contribution in [0.4, 0.5) is 10.2 Å². The van der Waals surface area contributed by atoms with E-state index in [1.54, 1.807) is 4.90 Å². The molecule has 4 nitrogen and oxygen atoms in total. The van der Waals surface area contributed by atoms with Crippen molar-refractivity contribution < 1.29 is 9.18 Å². The molecule has 0 aromatic carbocycles. The number of nitrogens with zero attached hydrogens (tertiary/aromatic N) is 2. The third kappa shape index (κ3) is 3.87. The number of amides is 1. The first kappa shape index (κ1) is 16.1. The minimum Gasteiger partial charge on any atom is -0.368 e. The number of hydrogen-bond donors (Lipinski definition) is 1. The molecule has 6 heteroatoms. The van der Waals surface area contributed by atoms with Crippen LogP contribution in [0.15, 0.2) is 12.3 Å². The van der Waals surface area contributed by atoms with E-state index in [0.717, 1.165) is 6.42 Å². The van der Waals surface area contributed by atoms with Crippen molar-refractivity contribution in [3.63, 3.8) is 0 Å². The van der Waals surface area contributed by atoms with Crippen molar-refractivity contribution in [3.8, 4) is 0 Å². The Labute approximate surface area is 129 Å². The molecule has 2 atom stereocenters. The highest BCUT2D eigenvalue weighted by Gasteiger charge is 2.28. The summed E-state index contributed by atoms with van der Waals surface area (Å²) in [6.07, 6.45) is 2.36. The van der Waals surface area contributed by atoms with Crippen LogP contribution in [0, 0.1) is 5.82 Å². The normalized spacial score (nSPS) is 22.2. The van der Waals surface area contributed by atoms with Crippen LogP contribution in [-0.2, 0) is 0 Å². The summed E-state index contributed by atoms with van der Waals surface area (Å²) in [5.74, 6) is -0.627. The molecule has 21 heavy (non-hydrogen) atoms. The molecule has 0 aliphatic carbocycles. The lowest BCUT2D eigenvalue weighted by molar-refractivity contribution is 0.0748. The zero-order chi connectivity index (χ0) is 15.4. The fourth-order valence-corrected chi connectivity index (χ4v) is 3.81. The maximum Gasteiger partial charge on any atom is 0.257 e. The van der Waals surface area contributed by atoms with Gasteiger partial charge in [0.1, 0.15) is 0 Å². The van der Waals surface area contributed by atoms with Gasteiger partial charge in [-0.25, -0.2) is 9.37 Å². The number of hydrogen-bond acceptors (Lipinski definition) is 4. The zero-order valence-corrected chi connectivity index (χ0v) is 13.5. The molecule has 1 aromatic rings. The summed E-state index contributed by atoms with van der Waals surface area (Å²) < 4.78 is 14.4. The first-order chi connectivity index (χ1) is 10.0. The van der Waals surface area contributed by atoms with E-state index >= 15 is 0 Å². The number of carbonyl (C=O) groups is 1. The van der Waals surface area contributed by atoms with Crippen molar-refractivity contribution in [2.75, 3.05) is 25.0 Å². The van der Waals surface area contributed by atoms with Crippen LogP contribution in [0.3, 0.4) is 0 Å². The quantitative estimate of drug-likeness (QED) is 0.928. The van der Waals surface area contributed by atoms with E-state index in [-0.39, 0.29) is 17.3 Å². The molecule has 1 aliphatic rings. The first-order valence-electron chi connectivity index (χ1n) is 7.36. The van der Waals surface area contributed by atoms with Crippen LogP contribution in [-0.4, -0.2) is 45.9 Å². The lowest BCUT2D eigenvalue weighted by atomic mass is 10.2. The van der Waals surface area contributed by atoms with Crippen molar-refractivity contribution in [1.82, 2.24) is 9.88 Å². The molecule has 1 aliphatic heterocycles. The van der Waals surface area contributed by atoms with Gasteiger partial charge in [-0.15, -0.1) is 0 Å².